The summed E-state index contributed by atoms with van der Waals surface area (Å²) in [6, 6.07) is 0. The predicted molar refractivity (Wildman–Crippen MR) is 82.9 cm³/mol. The highest BCUT2D eigenvalue weighted by Gasteiger charge is 2.34. The molecule has 1 unspecified atom stereocenters. The molecule has 0 aliphatic carbocycles. The first-order valence-corrected chi connectivity index (χ1v) is 7.80. The Bertz CT molecular complexity index is 323. The quantitative estimate of drug-likeness (QED) is 0.861. The van der Waals surface area contributed by atoms with Crippen LogP contribution in [0.1, 0.15) is 54.4 Å². The summed E-state index contributed by atoms with van der Waals surface area (Å²) in [6.07, 6.45) is 2.04. The predicted octanol–water partition coefficient (Wildman–Crippen LogP) is 3.27. The van der Waals surface area contributed by atoms with Gasteiger partial charge in [-0.3, -0.25) is 0 Å². The molecule has 0 bridgehead atoms. The molecule has 1 aliphatic rings. The van der Waals surface area contributed by atoms with Crippen molar-refractivity contribution in [1.82, 2.24) is 10.2 Å². The number of amides is 1. The van der Waals surface area contributed by atoms with E-state index < -0.39 is 5.60 Å². The average molecular weight is 284 g/mol. The number of likely N-dealkylation sites (tertiary alicyclic amines) is 1. The molecule has 4 nitrogen and oxygen atoms in total. The van der Waals surface area contributed by atoms with Crippen LogP contribution < -0.4 is 5.32 Å². The van der Waals surface area contributed by atoms with Crippen molar-refractivity contribution in [2.45, 2.75) is 60.0 Å². The molecule has 0 saturated carbocycles. The van der Waals surface area contributed by atoms with Gasteiger partial charge < -0.3 is 15.0 Å². The molecule has 1 atom stereocenters. The molecule has 0 radical (unpaired) electrons. The third kappa shape index (κ3) is 6.12. The van der Waals surface area contributed by atoms with Crippen LogP contribution in [-0.4, -0.2) is 42.8 Å². The van der Waals surface area contributed by atoms with E-state index in [0.717, 1.165) is 39.0 Å². The van der Waals surface area contributed by atoms with Gasteiger partial charge in [-0.2, -0.15) is 0 Å². The van der Waals surface area contributed by atoms with Gasteiger partial charge in [0.25, 0.3) is 0 Å². The maximum absolute atomic E-state index is 12.2. The van der Waals surface area contributed by atoms with E-state index in [1.807, 2.05) is 25.7 Å². The Hall–Kier alpha value is -0.770. The molecule has 0 aromatic heterocycles. The van der Waals surface area contributed by atoms with Gasteiger partial charge in [-0.1, -0.05) is 20.8 Å². The van der Waals surface area contributed by atoms with Crippen LogP contribution >= 0.6 is 0 Å². The molecule has 1 N–H and O–H groups in total. The van der Waals surface area contributed by atoms with Gasteiger partial charge in [0.15, 0.2) is 0 Å². The normalized spacial score (nSPS) is 24.1. The van der Waals surface area contributed by atoms with Crippen LogP contribution in [0.5, 0.6) is 0 Å². The topological polar surface area (TPSA) is 41.6 Å². The third-order valence-electron chi connectivity index (χ3n) is 3.54. The number of ether oxygens (including phenoxy) is 1. The minimum atomic E-state index is -0.416. The minimum absolute atomic E-state index is 0.157. The highest BCUT2D eigenvalue weighted by Crippen LogP contribution is 2.29. The number of carbonyl (C=O) groups excluding carboxylic acids is 1. The number of hydrogen-bond donors (Lipinski definition) is 1. The number of hydrogen-bond acceptors (Lipinski definition) is 3. The van der Waals surface area contributed by atoms with E-state index >= 15 is 0 Å². The Balaban J connectivity index is 2.50. The fourth-order valence-corrected chi connectivity index (χ4v) is 2.60. The average Bonchev–Trinajstić information content (AvgIpc) is 2.25. The van der Waals surface area contributed by atoms with Crippen LogP contribution in [0.15, 0.2) is 0 Å². The highest BCUT2D eigenvalue weighted by molar-refractivity contribution is 5.68. The lowest BCUT2D eigenvalue weighted by Crippen LogP contribution is -2.50. The SMILES string of the molecule is CC(C)CNCC1(C)CCCN(C(=O)OC(C)(C)C)C1. The van der Waals surface area contributed by atoms with Crippen LogP contribution in [0, 0.1) is 11.3 Å². The molecular weight excluding hydrogens is 252 g/mol. The van der Waals surface area contributed by atoms with Gasteiger partial charge in [0.05, 0.1) is 0 Å². The van der Waals surface area contributed by atoms with Crippen LogP contribution in [-0.2, 0) is 4.74 Å². The summed E-state index contributed by atoms with van der Waals surface area (Å²) in [5.74, 6) is 0.657. The molecule has 1 aliphatic heterocycles. The lowest BCUT2D eigenvalue weighted by Gasteiger charge is -2.41. The van der Waals surface area contributed by atoms with E-state index in [1.54, 1.807) is 0 Å². The summed E-state index contributed by atoms with van der Waals surface area (Å²) < 4.78 is 5.48. The maximum Gasteiger partial charge on any atom is 0.410 e. The second-order valence-electron chi connectivity index (χ2n) is 7.84. The number of piperidine rings is 1. The van der Waals surface area contributed by atoms with Crippen molar-refractivity contribution >= 4 is 6.09 Å². The van der Waals surface area contributed by atoms with Crippen molar-refractivity contribution in [3.8, 4) is 0 Å². The Morgan fingerprint density at radius 3 is 2.60 bits per heavy atom. The zero-order chi connectivity index (χ0) is 15.4. The van der Waals surface area contributed by atoms with E-state index in [1.165, 1.54) is 0 Å². The van der Waals surface area contributed by atoms with Crippen molar-refractivity contribution in [3.05, 3.63) is 0 Å². The molecule has 1 amide bonds. The van der Waals surface area contributed by atoms with Crippen molar-refractivity contribution in [3.63, 3.8) is 0 Å². The monoisotopic (exact) mass is 284 g/mol. The summed E-state index contributed by atoms with van der Waals surface area (Å²) in [7, 11) is 0. The highest BCUT2D eigenvalue weighted by atomic mass is 16.6. The van der Waals surface area contributed by atoms with Crippen molar-refractivity contribution in [2.24, 2.45) is 11.3 Å². The number of nitrogens with zero attached hydrogens (tertiary/aromatic N) is 1. The Kier molecular flexibility index (Phi) is 5.87. The minimum Gasteiger partial charge on any atom is -0.444 e. The molecule has 1 fully saturated rings. The lowest BCUT2D eigenvalue weighted by molar-refractivity contribution is 0.00673. The molecule has 0 aromatic rings. The fraction of sp³-hybridized carbons (Fsp3) is 0.938. The molecular formula is C16H32N2O2. The first kappa shape index (κ1) is 17.3. The molecule has 1 rings (SSSR count). The number of rotatable bonds is 4. The summed E-state index contributed by atoms with van der Waals surface area (Å²) in [6.45, 7) is 16.0. The Morgan fingerprint density at radius 1 is 1.40 bits per heavy atom. The first-order chi connectivity index (χ1) is 9.11. The summed E-state index contributed by atoms with van der Waals surface area (Å²) in [5, 5.41) is 3.52. The molecule has 4 heteroatoms. The number of nitrogens with one attached hydrogen (secondary N) is 1. The molecule has 118 valence electrons. The molecule has 1 heterocycles. The van der Waals surface area contributed by atoms with Crippen molar-refractivity contribution < 1.29 is 9.53 Å². The van der Waals surface area contributed by atoms with E-state index in [2.05, 4.69) is 26.1 Å². The second kappa shape index (κ2) is 6.79. The largest absolute Gasteiger partial charge is 0.444 e. The van der Waals surface area contributed by atoms with Crippen LogP contribution in [0.25, 0.3) is 0 Å². The van der Waals surface area contributed by atoms with Gasteiger partial charge in [-0.15, -0.1) is 0 Å². The summed E-state index contributed by atoms with van der Waals surface area (Å²) >= 11 is 0. The standard InChI is InChI=1S/C16H32N2O2/c1-13(2)10-17-11-16(6)8-7-9-18(12-16)14(19)20-15(3,4)5/h13,17H,7-12H2,1-6H3. The molecule has 0 spiro atoms. The Labute approximate surface area is 124 Å². The van der Waals surface area contributed by atoms with Crippen molar-refractivity contribution in [1.29, 1.82) is 0 Å². The van der Waals surface area contributed by atoms with E-state index in [-0.39, 0.29) is 11.5 Å². The van der Waals surface area contributed by atoms with Crippen LogP contribution in [0.4, 0.5) is 4.79 Å². The van der Waals surface area contributed by atoms with Crippen LogP contribution in [0.3, 0.4) is 0 Å². The zero-order valence-electron chi connectivity index (χ0n) is 14.1. The summed E-state index contributed by atoms with van der Waals surface area (Å²) in [5.41, 5.74) is -0.259. The second-order valence-corrected chi connectivity index (χ2v) is 7.84. The van der Waals surface area contributed by atoms with Crippen molar-refractivity contribution in [2.75, 3.05) is 26.2 Å². The van der Waals surface area contributed by atoms with Gasteiger partial charge in [-0.25, -0.2) is 4.79 Å². The zero-order valence-corrected chi connectivity index (χ0v) is 14.1. The van der Waals surface area contributed by atoms with Gasteiger partial charge >= 0.3 is 6.09 Å². The van der Waals surface area contributed by atoms with E-state index in [4.69, 9.17) is 4.74 Å². The molecule has 1 saturated heterocycles. The Morgan fingerprint density at radius 2 is 2.05 bits per heavy atom. The van der Waals surface area contributed by atoms with Crippen LogP contribution in [0.2, 0.25) is 0 Å². The molecule has 20 heavy (non-hydrogen) atoms. The van der Waals surface area contributed by atoms with Gasteiger partial charge in [0.2, 0.25) is 0 Å². The van der Waals surface area contributed by atoms with E-state index in [9.17, 15) is 4.79 Å². The number of carbonyl (C=O) groups is 1. The third-order valence-corrected chi connectivity index (χ3v) is 3.54. The lowest BCUT2D eigenvalue weighted by atomic mass is 9.82. The summed E-state index contributed by atoms with van der Waals surface area (Å²) in [4.78, 5) is 14.0. The molecule has 0 aromatic carbocycles. The maximum atomic E-state index is 12.2. The van der Waals surface area contributed by atoms with Gasteiger partial charge in [-0.05, 0) is 51.5 Å². The fourth-order valence-electron chi connectivity index (χ4n) is 2.60. The van der Waals surface area contributed by atoms with E-state index in [0.29, 0.717) is 5.92 Å². The van der Waals surface area contributed by atoms with Gasteiger partial charge in [0, 0.05) is 19.6 Å². The van der Waals surface area contributed by atoms with Gasteiger partial charge in [0.1, 0.15) is 5.60 Å². The first-order valence-electron chi connectivity index (χ1n) is 7.80. The smallest absolute Gasteiger partial charge is 0.410 e.